The smallest absolute Gasteiger partial charge is 0.257 e. The third-order valence-corrected chi connectivity index (χ3v) is 6.59. The number of carbonyl (C=O) groups is 2. The second kappa shape index (κ2) is 9.06. The fourth-order valence-corrected chi connectivity index (χ4v) is 5.11. The van der Waals surface area contributed by atoms with Crippen LogP contribution >= 0.6 is 0 Å². The second-order valence-electron chi connectivity index (χ2n) is 8.88. The SMILES string of the molecule is Cc1cc(C(=O)Nc2cnn(CC(=O)NC3CCCC3)c2)c(C)n1C1CCCCC1. The normalized spacial score (nSPS) is 17.9. The zero-order valence-electron chi connectivity index (χ0n) is 18.1. The van der Waals surface area contributed by atoms with E-state index in [4.69, 9.17) is 0 Å². The Balaban J connectivity index is 1.38. The highest BCUT2D eigenvalue weighted by Crippen LogP contribution is 2.32. The summed E-state index contributed by atoms with van der Waals surface area (Å²) < 4.78 is 3.91. The van der Waals surface area contributed by atoms with Crippen LogP contribution in [0.15, 0.2) is 18.5 Å². The van der Waals surface area contributed by atoms with Crippen LogP contribution in [0.3, 0.4) is 0 Å². The van der Waals surface area contributed by atoms with Gasteiger partial charge in [-0.1, -0.05) is 32.1 Å². The molecule has 7 nitrogen and oxygen atoms in total. The van der Waals surface area contributed by atoms with E-state index >= 15 is 0 Å². The van der Waals surface area contributed by atoms with E-state index in [1.807, 2.05) is 13.0 Å². The number of anilines is 1. The lowest BCUT2D eigenvalue weighted by molar-refractivity contribution is -0.122. The van der Waals surface area contributed by atoms with E-state index in [2.05, 4.69) is 27.2 Å². The molecule has 162 valence electrons. The van der Waals surface area contributed by atoms with Crippen molar-refractivity contribution < 1.29 is 9.59 Å². The van der Waals surface area contributed by atoms with Crippen molar-refractivity contribution in [2.24, 2.45) is 0 Å². The summed E-state index contributed by atoms with van der Waals surface area (Å²) in [5.74, 6) is -0.154. The first-order valence-electron chi connectivity index (χ1n) is 11.3. The van der Waals surface area contributed by atoms with E-state index in [1.165, 1.54) is 44.9 Å². The monoisotopic (exact) mass is 411 g/mol. The maximum atomic E-state index is 12.9. The molecule has 0 spiro atoms. The number of hydrogen-bond donors (Lipinski definition) is 2. The van der Waals surface area contributed by atoms with Crippen LogP contribution in [0.5, 0.6) is 0 Å². The molecule has 2 aliphatic rings. The van der Waals surface area contributed by atoms with Gasteiger partial charge in [-0.2, -0.15) is 5.10 Å². The molecule has 0 aromatic carbocycles. The van der Waals surface area contributed by atoms with Crippen molar-refractivity contribution in [3.63, 3.8) is 0 Å². The molecular formula is C23H33N5O2. The van der Waals surface area contributed by atoms with E-state index in [1.54, 1.807) is 17.1 Å². The summed E-state index contributed by atoms with van der Waals surface area (Å²) in [6, 6.07) is 2.78. The molecule has 2 aromatic heterocycles. The number of carbonyl (C=O) groups excluding carboxylic acids is 2. The Morgan fingerprint density at radius 1 is 1.07 bits per heavy atom. The van der Waals surface area contributed by atoms with Crippen LogP contribution < -0.4 is 10.6 Å². The topological polar surface area (TPSA) is 80.9 Å². The fraction of sp³-hybridized carbons (Fsp3) is 0.609. The minimum atomic E-state index is -0.125. The molecule has 0 unspecified atom stereocenters. The van der Waals surface area contributed by atoms with Crippen LogP contribution in [-0.2, 0) is 11.3 Å². The molecule has 0 atom stereocenters. The van der Waals surface area contributed by atoms with Crippen molar-refractivity contribution in [2.75, 3.05) is 5.32 Å². The van der Waals surface area contributed by atoms with Gasteiger partial charge >= 0.3 is 0 Å². The van der Waals surface area contributed by atoms with Crippen molar-refractivity contribution in [3.05, 3.63) is 35.4 Å². The average molecular weight is 412 g/mol. The molecule has 2 heterocycles. The molecule has 30 heavy (non-hydrogen) atoms. The molecule has 2 fully saturated rings. The van der Waals surface area contributed by atoms with Crippen molar-refractivity contribution in [2.45, 2.75) is 90.3 Å². The summed E-state index contributed by atoms with van der Waals surface area (Å²) >= 11 is 0. The average Bonchev–Trinajstić information content (AvgIpc) is 3.44. The van der Waals surface area contributed by atoms with Gasteiger partial charge < -0.3 is 15.2 Å². The molecule has 2 N–H and O–H groups in total. The third kappa shape index (κ3) is 4.60. The van der Waals surface area contributed by atoms with E-state index < -0.39 is 0 Å². The van der Waals surface area contributed by atoms with Gasteiger partial charge in [0.2, 0.25) is 5.91 Å². The number of aromatic nitrogens is 3. The molecule has 0 aliphatic heterocycles. The summed E-state index contributed by atoms with van der Waals surface area (Å²) in [7, 11) is 0. The van der Waals surface area contributed by atoms with Crippen LogP contribution in [-0.4, -0.2) is 32.2 Å². The summed E-state index contributed by atoms with van der Waals surface area (Å²) in [5.41, 5.74) is 3.49. The molecule has 0 bridgehead atoms. The summed E-state index contributed by atoms with van der Waals surface area (Å²) in [6.45, 7) is 4.29. The fourth-order valence-electron chi connectivity index (χ4n) is 5.11. The minimum absolute atomic E-state index is 0.0288. The zero-order chi connectivity index (χ0) is 21.1. The van der Waals surface area contributed by atoms with Gasteiger partial charge in [0.25, 0.3) is 5.91 Å². The van der Waals surface area contributed by atoms with Crippen LogP contribution in [0, 0.1) is 13.8 Å². The molecule has 7 heteroatoms. The van der Waals surface area contributed by atoms with Crippen LogP contribution in [0.25, 0.3) is 0 Å². The van der Waals surface area contributed by atoms with E-state index in [-0.39, 0.29) is 18.4 Å². The summed E-state index contributed by atoms with van der Waals surface area (Å²) in [5, 5.41) is 10.2. The van der Waals surface area contributed by atoms with Crippen LogP contribution in [0.2, 0.25) is 0 Å². The maximum Gasteiger partial charge on any atom is 0.257 e. The van der Waals surface area contributed by atoms with Crippen molar-refractivity contribution >= 4 is 17.5 Å². The largest absolute Gasteiger partial charge is 0.352 e. The van der Waals surface area contributed by atoms with Crippen LogP contribution in [0.1, 0.15) is 85.6 Å². The van der Waals surface area contributed by atoms with Gasteiger partial charge in [0, 0.05) is 29.7 Å². The second-order valence-corrected chi connectivity index (χ2v) is 8.88. The Hall–Kier alpha value is -2.57. The number of hydrogen-bond acceptors (Lipinski definition) is 3. The van der Waals surface area contributed by atoms with Crippen LogP contribution in [0.4, 0.5) is 5.69 Å². The van der Waals surface area contributed by atoms with Gasteiger partial charge in [0.1, 0.15) is 6.54 Å². The molecular weight excluding hydrogens is 378 g/mol. The Morgan fingerprint density at radius 2 is 1.77 bits per heavy atom. The van der Waals surface area contributed by atoms with Gasteiger partial charge in [0.15, 0.2) is 0 Å². The van der Waals surface area contributed by atoms with Gasteiger partial charge in [-0.3, -0.25) is 14.3 Å². The number of amides is 2. The van der Waals surface area contributed by atoms with E-state index in [9.17, 15) is 9.59 Å². The standard InChI is InChI=1S/C23H33N5O2/c1-16-12-21(17(2)28(16)20-10-4-3-5-11-20)23(30)26-19-13-24-27(14-19)15-22(29)25-18-8-6-7-9-18/h12-14,18,20H,3-11,15H2,1-2H3,(H,25,29)(H,26,30). The lowest BCUT2D eigenvalue weighted by atomic mass is 9.95. The molecule has 4 rings (SSSR count). The maximum absolute atomic E-state index is 12.9. The molecule has 0 radical (unpaired) electrons. The molecule has 0 saturated heterocycles. The minimum Gasteiger partial charge on any atom is -0.352 e. The highest BCUT2D eigenvalue weighted by Gasteiger charge is 2.23. The Morgan fingerprint density at radius 3 is 2.50 bits per heavy atom. The van der Waals surface area contributed by atoms with Gasteiger partial charge in [0.05, 0.1) is 17.4 Å². The van der Waals surface area contributed by atoms with Gasteiger partial charge in [-0.05, 0) is 45.6 Å². The highest BCUT2D eigenvalue weighted by molar-refractivity contribution is 6.05. The van der Waals surface area contributed by atoms with Gasteiger partial charge in [-0.15, -0.1) is 0 Å². The lowest BCUT2D eigenvalue weighted by Gasteiger charge is -2.26. The predicted molar refractivity (Wildman–Crippen MR) is 117 cm³/mol. The van der Waals surface area contributed by atoms with Crippen molar-refractivity contribution in [3.8, 4) is 0 Å². The predicted octanol–water partition coefficient (Wildman–Crippen LogP) is 4.12. The quantitative estimate of drug-likeness (QED) is 0.750. The Bertz CT molecular complexity index is 901. The highest BCUT2D eigenvalue weighted by atomic mass is 16.2. The third-order valence-electron chi connectivity index (χ3n) is 6.59. The van der Waals surface area contributed by atoms with Gasteiger partial charge in [-0.25, -0.2) is 0 Å². The van der Waals surface area contributed by atoms with E-state index in [0.29, 0.717) is 23.3 Å². The Kier molecular flexibility index (Phi) is 6.25. The van der Waals surface area contributed by atoms with Crippen molar-refractivity contribution in [1.29, 1.82) is 0 Å². The lowest BCUT2D eigenvalue weighted by Crippen LogP contribution is -2.35. The molecule has 2 saturated carbocycles. The first kappa shape index (κ1) is 20.7. The first-order chi connectivity index (χ1) is 14.5. The number of aryl methyl sites for hydroxylation is 1. The Labute approximate surface area is 178 Å². The molecule has 2 aromatic rings. The molecule has 2 amide bonds. The summed E-state index contributed by atoms with van der Waals surface area (Å²) in [6.07, 6.45) is 14.0. The number of nitrogens with zero attached hydrogens (tertiary/aromatic N) is 3. The van der Waals surface area contributed by atoms with E-state index in [0.717, 1.165) is 24.2 Å². The zero-order valence-corrected chi connectivity index (χ0v) is 18.1. The van der Waals surface area contributed by atoms with Crippen molar-refractivity contribution in [1.82, 2.24) is 19.7 Å². The summed E-state index contributed by atoms with van der Waals surface area (Å²) in [4.78, 5) is 25.1. The molecule has 2 aliphatic carbocycles. The number of nitrogens with one attached hydrogen (secondary N) is 2. The number of rotatable bonds is 6. The first-order valence-corrected chi connectivity index (χ1v) is 11.3.